The average molecular weight is 389 g/mol. The molecule has 0 spiro atoms. The van der Waals surface area contributed by atoms with Crippen molar-refractivity contribution in [2.75, 3.05) is 27.2 Å². The molecule has 0 radical (unpaired) electrons. The van der Waals surface area contributed by atoms with E-state index < -0.39 is 5.60 Å². The van der Waals surface area contributed by atoms with Gasteiger partial charge in [-0.25, -0.2) is 4.79 Å². The maximum Gasteiger partial charge on any atom is 0.410 e. The third kappa shape index (κ3) is 5.75. The molecule has 6 nitrogen and oxygen atoms in total. The summed E-state index contributed by atoms with van der Waals surface area (Å²) >= 11 is 0. The molecule has 154 valence electrons. The van der Waals surface area contributed by atoms with Crippen LogP contribution < -0.4 is 4.74 Å². The lowest BCUT2D eigenvalue weighted by molar-refractivity contribution is -0.131. The number of piperidine rings is 1. The molecule has 1 aromatic carbocycles. The average Bonchev–Trinajstić information content (AvgIpc) is 2.66. The van der Waals surface area contributed by atoms with Crippen LogP contribution in [0.25, 0.3) is 6.08 Å². The highest BCUT2D eigenvalue weighted by Gasteiger charge is 2.30. The summed E-state index contributed by atoms with van der Waals surface area (Å²) < 4.78 is 10.9. The normalized spacial score (nSPS) is 15.1. The fourth-order valence-corrected chi connectivity index (χ4v) is 3.29. The number of hydrogen-bond acceptors (Lipinski definition) is 4. The molecule has 0 aliphatic carbocycles. The summed E-state index contributed by atoms with van der Waals surface area (Å²) in [5, 5.41) is 0. The van der Waals surface area contributed by atoms with Crippen molar-refractivity contribution in [2.24, 2.45) is 0 Å². The van der Waals surface area contributed by atoms with Gasteiger partial charge in [0, 0.05) is 31.7 Å². The smallest absolute Gasteiger partial charge is 0.410 e. The molecule has 2 amide bonds. The summed E-state index contributed by atoms with van der Waals surface area (Å²) in [7, 11) is 3.37. The quantitative estimate of drug-likeness (QED) is 0.771. The standard InChI is InChI=1S/C22H32N2O4/c1-7-16-8-9-17(19(14-16)27-6)15-20(25)24-12-10-18(11-13-24)23(5)21(26)28-22(2,3)4/h7-9,14,18H,1,10-13,15H2,2-6H3. The number of nitrogens with zero attached hydrogens (tertiary/aromatic N) is 2. The van der Waals surface area contributed by atoms with Gasteiger partial charge < -0.3 is 19.3 Å². The van der Waals surface area contributed by atoms with E-state index in [0.717, 1.165) is 24.0 Å². The first-order chi connectivity index (χ1) is 13.1. The molecule has 1 aliphatic rings. The van der Waals surface area contributed by atoms with Crippen molar-refractivity contribution in [3.05, 3.63) is 35.9 Å². The highest BCUT2D eigenvalue weighted by atomic mass is 16.6. The van der Waals surface area contributed by atoms with E-state index in [2.05, 4.69) is 6.58 Å². The molecule has 6 heteroatoms. The second-order valence-electron chi connectivity index (χ2n) is 8.16. The van der Waals surface area contributed by atoms with Gasteiger partial charge in [-0.2, -0.15) is 0 Å². The Morgan fingerprint density at radius 2 is 1.93 bits per heavy atom. The van der Waals surface area contributed by atoms with Gasteiger partial charge in [0.05, 0.1) is 13.5 Å². The minimum Gasteiger partial charge on any atom is -0.496 e. The summed E-state index contributed by atoms with van der Waals surface area (Å²) in [5.41, 5.74) is 1.31. The van der Waals surface area contributed by atoms with Gasteiger partial charge in [0.25, 0.3) is 0 Å². The Bertz CT molecular complexity index is 716. The molecule has 0 unspecified atom stereocenters. The van der Waals surface area contributed by atoms with Crippen LogP contribution in [-0.4, -0.2) is 60.7 Å². The van der Waals surface area contributed by atoms with Crippen LogP contribution in [-0.2, 0) is 16.0 Å². The van der Waals surface area contributed by atoms with Gasteiger partial charge in [0.1, 0.15) is 11.4 Å². The third-order valence-electron chi connectivity index (χ3n) is 4.93. The first kappa shape index (κ1) is 21.8. The molecular formula is C22H32N2O4. The molecule has 0 saturated carbocycles. The number of benzene rings is 1. The van der Waals surface area contributed by atoms with Crippen molar-refractivity contribution >= 4 is 18.1 Å². The van der Waals surface area contributed by atoms with Gasteiger partial charge in [-0.05, 0) is 45.2 Å². The third-order valence-corrected chi connectivity index (χ3v) is 4.93. The van der Waals surface area contributed by atoms with E-state index in [1.54, 1.807) is 25.1 Å². The van der Waals surface area contributed by atoms with Crippen molar-refractivity contribution in [1.82, 2.24) is 9.80 Å². The Hall–Kier alpha value is -2.50. The summed E-state index contributed by atoms with van der Waals surface area (Å²) in [4.78, 5) is 28.5. The Labute approximate surface area is 168 Å². The van der Waals surface area contributed by atoms with Crippen LogP contribution in [0.5, 0.6) is 5.75 Å². The van der Waals surface area contributed by atoms with Crippen molar-refractivity contribution in [1.29, 1.82) is 0 Å². The van der Waals surface area contributed by atoms with Crippen LogP contribution in [0, 0.1) is 0 Å². The van der Waals surface area contributed by atoms with Gasteiger partial charge >= 0.3 is 6.09 Å². The van der Waals surface area contributed by atoms with Gasteiger partial charge in [0.15, 0.2) is 0 Å². The molecule has 1 saturated heterocycles. The fraction of sp³-hybridized carbons (Fsp3) is 0.545. The summed E-state index contributed by atoms with van der Waals surface area (Å²) in [6, 6.07) is 5.81. The second kappa shape index (κ2) is 9.13. The van der Waals surface area contributed by atoms with E-state index in [9.17, 15) is 9.59 Å². The number of carbonyl (C=O) groups excluding carboxylic acids is 2. The number of rotatable bonds is 5. The Balaban J connectivity index is 1.92. The van der Waals surface area contributed by atoms with Crippen molar-refractivity contribution in [3.8, 4) is 5.75 Å². The molecule has 0 N–H and O–H groups in total. The van der Waals surface area contributed by atoms with Gasteiger partial charge in [-0.15, -0.1) is 0 Å². The fourth-order valence-electron chi connectivity index (χ4n) is 3.29. The molecule has 1 fully saturated rings. The van der Waals surface area contributed by atoms with Crippen LogP contribution >= 0.6 is 0 Å². The van der Waals surface area contributed by atoms with E-state index in [-0.39, 0.29) is 18.0 Å². The molecule has 0 aromatic heterocycles. The SMILES string of the molecule is C=Cc1ccc(CC(=O)N2CCC(N(C)C(=O)OC(C)(C)C)CC2)c(OC)c1. The number of amides is 2. The lowest BCUT2D eigenvalue weighted by atomic mass is 10.0. The Morgan fingerprint density at radius 3 is 2.46 bits per heavy atom. The largest absolute Gasteiger partial charge is 0.496 e. The predicted octanol–water partition coefficient (Wildman–Crippen LogP) is 3.74. The van der Waals surface area contributed by atoms with E-state index in [0.29, 0.717) is 25.3 Å². The summed E-state index contributed by atoms with van der Waals surface area (Å²) in [6.45, 7) is 10.6. The Kier molecular flexibility index (Phi) is 7.11. The molecule has 28 heavy (non-hydrogen) atoms. The zero-order valence-corrected chi connectivity index (χ0v) is 17.7. The molecule has 1 aromatic rings. The highest BCUT2D eigenvalue weighted by Crippen LogP contribution is 2.24. The van der Waals surface area contributed by atoms with Crippen molar-refractivity contribution in [3.63, 3.8) is 0 Å². The molecule has 2 rings (SSSR count). The second-order valence-corrected chi connectivity index (χ2v) is 8.16. The minimum absolute atomic E-state index is 0.0722. The van der Waals surface area contributed by atoms with E-state index >= 15 is 0 Å². The van der Waals surface area contributed by atoms with Gasteiger partial charge in [-0.3, -0.25) is 4.79 Å². The van der Waals surface area contributed by atoms with Crippen LogP contribution in [0.3, 0.4) is 0 Å². The first-order valence-corrected chi connectivity index (χ1v) is 9.67. The van der Waals surface area contributed by atoms with Crippen molar-refractivity contribution < 1.29 is 19.1 Å². The summed E-state index contributed by atoms with van der Waals surface area (Å²) in [5.74, 6) is 0.772. The van der Waals surface area contributed by atoms with Gasteiger partial charge in [0.2, 0.25) is 5.91 Å². The molecule has 0 atom stereocenters. The number of hydrogen-bond donors (Lipinski definition) is 0. The van der Waals surface area contributed by atoms with Crippen molar-refractivity contribution in [2.45, 2.75) is 51.7 Å². The maximum atomic E-state index is 12.7. The first-order valence-electron chi connectivity index (χ1n) is 9.67. The van der Waals surface area contributed by atoms with Crippen LogP contribution in [0.15, 0.2) is 24.8 Å². The zero-order chi connectivity index (χ0) is 20.9. The maximum absolute atomic E-state index is 12.7. The molecule has 0 bridgehead atoms. The lowest BCUT2D eigenvalue weighted by Crippen LogP contribution is -2.48. The zero-order valence-electron chi connectivity index (χ0n) is 17.7. The minimum atomic E-state index is -0.512. The lowest BCUT2D eigenvalue weighted by Gasteiger charge is -2.37. The monoisotopic (exact) mass is 388 g/mol. The van der Waals surface area contributed by atoms with Gasteiger partial charge in [-0.1, -0.05) is 24.8 Å². The number of likely N-dealkylation sites (tertiary alicyclic amines) is 1. The highest BCUT2D eigenvalue weighted by molar-refractivity contribution is 5.80. The number of ether oxygens (including phenoxy) is 2. The Morgan fingerprint density at radius 1 is 1.29 bits per heavy atom. The molecular weight excluding hydrogens is 356 g/mol. The topological polar surface area (TPSA) is 59.1 Å². The van der Waals surface area contributed by atoms with Crippen LogP contribution in [0.4, 0.5) is 4.79 Å². The number of carbonyl (C=O) groups is 2. The van der Waals surface area contributed by atoms with Crippen LogP contribution in [0.1, 0.15) is 44.7 Å². The van der Waals surface area contributed by atoms with E-state index in [4.69, 9.17) is 9.47 Å². The molecule has 1 heterocycles. The number of methoxy groups -OCH3 is 1. The summed E-state index contributed by atoms with van der Waals surface area (Å²) in [6.07, 6.45) is 3.22. The van der Waals surface area contributed by atoms with E-state index in [1.165, 1.54) is 0 Å². The van der Waals surface area contributed by atoms with Crippen LogP contribution in [0.2, 0.25) is 0 Å². The molecule has 1 aliphatic heterocycles. The van der Waals surface area contributed by atoms with E-state index in [1.807, 2.05) is 43.9 Å². The predicted molar refractivity (Wildman–Crippen MR) is 110 cm³/mol.